The van der Waals surface area contributed by atoms with E-state index in [0.29, 0.717) is 16.8 Å². The number of hydrogen-bond acceptors (Lipinski definition) is 4. The highest BCUT2D eigenvalue weighted by molar-refractivity contribution is 6.04. The van der Waals surface area contributed by atoms with E-state index in [4.69, 9.17) is 5.26 Å². The van der Waals surface area contributed by atoms with Crippen LogP contribution in [0.2, 0.25) is 0 Å². The van der Waals surface area contributed by atoms with Crippen LogP contribution in [-0.4, -0.2) is 19.5 Å². The Balaban J connectivity index is 1.61. The Morgan fingerprint density at radius 3 is 2.50 bits per heavy atom. The zero-order valence-electron chi connectivity index (χ0n) is 16.8. The second kappa shape index (κ2) is 6.89. The summed E-state index contributed by atoms with van der Waals surface area (Å²) in [5.41, 5.74) is 6.09. The summed E-state index contributed by atoms with van der Waals surface area (Å²) in [5.74, 6) is 0. The first-order valence-corrected chi connectivity index (χ1v) is 10.1. The number of para-hydroxylation sites is 1. The molecule has 0 fully saturated rings. The lowest BCUT2D eigenvalue weighted by Gasteiger charge is -2.09. The smallest absolute Gasteiger partial charge is 0.304 e. The van der Waals surface area contributed by atoms with Gasteiger partial charge in [0.25, 0.3) is 0 Å². The molecule has 0 aliphatic rings. The van der Waals surface area contributed by atoms with E-state index < -0.39 is 0 Å². The summed E-state index contributed by atoms with van der Waals surface area (Å²) in [6.07, 6.45) is 3.54. The number of nitrogens with zero attached hydrogens (tertiary/aromatic N) is 4. The van der Waals surface area contributed by atoms with Gasteiger partial charge in [0.15, 0.2) is 0 Å². The monoisotopic (exact) mass is 413 g/mol. The molecular formula is C26H15N5O. The number of hydrogen-bond donors (Lipinski definition) is 1. The molecule has 6 heteroatoms. The van der Waals surface area contributed by atoms with Gasteiger partial charge in [0.05, 0.1) is 45.6 Å². The fraction of sp³-hybridized carbons (Fsp3) is 0. The molecule has 1 N–H and O–H groups in total. The van der Waals surface area contributed by atoms with Crippen molar-refractivity contribution in [2.45, 2.75) is 0 Å². The summed E-state index contributed by atoms with van der Waals surface area (Å²) in [5, 5.41) is 11.0. The van der Waals surface area contributed by atoms with Gasteiger partial charge in [0.1, 0.15) is 0 Å². The molecule has 6 rings (SSSR count). The second-order valence-electron chi connectivity index (χ2n) is 7.59. The van der Waals surface area contributed by atoms with E-state index >= 15 is 0 Å². The van der Waals surface area contributed by atoms with Crippen molar-refractivity contribution in [2.75, 3.05) is 0 Å². The first-order valence-electron chi connectivity index (χ1n) is 10.1. The van der Waals surface area contributed by atoms with Crippen LogP contribution in [0.4, 0.5) is 0 Å². The van der Waals surface area contributed by atoms with E-state index in [-0.39, 0.29) is 5.69 Å². The summed E-state index contributed by atoms with van der Waals surface area (Å²) in [6.45, 7) is 0. The SMILES string of the molecule is N#Cc1ccc(-n2c(=O)[nH]c3cnc4ccc(-c5cnc6ccccc6c5)cc4c32)cc1. The molecule has 3 aromatic carbocycles. The Bertz CT molecular complexity index is 1750. The highest BCUT2D eigenvalue weighted by Gasteiger charge is 2.14. The Morgan fingerprint density at radius 1 is 0.844 bits per heavy atom. The van der Waals surface area contributed by atoms with E-state index in [1.54, 1.807) is 35.0 Å². The van der Waals surface area contributed by atoms with E-state index in [0.717, 1.165) is 38.4 Å². The van der Waals surface area contributed by atoms with Crippen molar-refractivity contribution in [3.05, 3.63) is 101 Å². The molecule has 3 aromatic heterocycles. The molecule has 6 aromatic rings. The normalized spacial score (nSPS) is 11.2. The topological polar surface area (TPSA) is 87.4 Å². The van der Waals surface area contributed by atoms with E-state index in [9.17, 15) is 4.79 Å². The predicted molar refractivity (Wildman–Crippen MR) is 125 cm³/mol. The lowest BCUT2D eigenvalue weighted by Crippen LogP contribution is -2.14. The molecule has 3 heterocycles. The number of aromatic nitrogens is 4. The van der Waals surface area contributed by atoms with Gasteiger partial charge >= 0.3 is 5.69 Å². The average molecular weight is 413 g/mol. The predicted octanol–water partition coefficient (Wildman–Crippen LogP) is 4.95. The number of nitriles is 1. The summed E-state index contributed by atoms with van der Waals surface area (Å²) in [4.78, 5) is 24.9. The first-order chi connectivity index (χ1) is 15.7. The van der Waals surface area contributed by atoms with E-state index in [1.165, 1.54) is 0 Å². The molecule has 0 saturated carbocycles. The molecule has 0 unspecified atom stereocenters. The van der Waals surface area contributed by atoms with Gasteiger partial charge in [-0.25, -0.2) is 4.79 Å². The van der Waals surface area contributed by atoms with Gasteiger partial charge in [0.2, 0.25) is 0 Å². The van der Waals surface area contributed by atoms with Crippen LogP contribution in [0.15, 0.2) is 90.0 Å². The van der Waals surface area contributed by atoms with Gasteiger partial charge < -0.3 is 4.98 Å². The summed E-state index contributed by atoms with van der Waals surface area (Å²) in [7, 11) is 0. The zero-order valence-corrected chi connectivity index (χ0v) is 16.8. The summed E-state index contributed by atoms with van der Waals surface area (Å²) >= 11 is 0. The minimum Gasteiger partial charge on any atom is -0.304 e. The van der Waals surface area contributed by atoms with Gasteiger partial charge in [-0.3, -0.25) is 14.5 Å². The number of benzene rings is 3. The number of H-pyrrole nitrogens is 1. The van der Waals surface area contributed by atoms with Crippen molar-refractivity contribution < 1.29 is 0 Å². The van der Waals surface area contributed by atoms with Crippen molar-refractivity contribution in [1.82, 2.24) is 19.5 Å². The third kappa shape index (κ3) is 2.76. The van der Waals surface area contributed by atoms with Crippen LogP contribution < -0.4 is 5.69 Å². The molecule has 6 nitrogen and oxygen atoms in total. The van der Waals surface area contributed by atoms with Crippen LogP contribution in [0.5, 0.6) is 0 Å². The fourth-order valence-electron chi connectivity index (χ4n) is 4.12. The lowest BCUT2D eigenvalue weighted by molar-refractivity contribution is 1.02. The maximum atomic E-state index is 12.8. The maximum Gasteiger partial charge on any atom is 0.331 e. The molecule has 150 valence electrons. The van der Waals surface area contributed by atoms with Crippen molar-refractivity contribution in [3.8, 4) is 22.9 Å². The van der Waals surface area contributed by atoms with Crippen LogP contribution in [0, 0.1) is 11.3 Å². The Kier molecular flexibility index (Phi) is 3.89. The Labute approximate surface area is 182 Å². The number of imidazole rings is 1. The van der Waals surface area contributed by atoms with Crippen molar-refractivity contribution in [3.63, 3.8) is 0 Å². The molecule has 0 radical (unpaired) electrons. The van der Waals surface area contributed by atoms with Crippen LogP contribution in [-0.2, 0) is 0 Å². The van der Waals surface area contributed by atoms with E-state index in [1.807, 2.05) is 48.7 Å². The Hall–Kier alpha value is -4.76. The van der Waals surface area contributed by atoms with Crippen LogP contribution in [0.25, 0.3) is 49.7 Å². The molecule has 0 amide bonds. The molecular weight excluding hydrogens is 398 g/mol. The zero-order chi connectivity index (χ0) is 21.7. The quantitative estimate of drug-likeness (QED) is 0.435. The summed E-state index contributed by atoms with van der Waals surface area (Å²) in [6, 6.07) is 25.2. The number of rotatable bonds is 2. The van der Waals surface area contributed by atoms with Crippen molar-refractivity contribution in [2.24, 2.45) is 0 Å². The number of pyridine rings is 2. The largest absolute Gasteiger partial charge is 0.331 e. The third-order valence-corrected chi connectivity index (χ3v) is 5.69. The highest BCUT2D eigenvalue weighted by Crippen LogP contribution is 2.30. The van der Waals surface area contributed by atoms with Crippen LogP contribution in [0.1, 0.15) is 5.56 Å². The molecule has 0 bridgehead atoms. The van der Waals surface area contributed by atoms with Crippen molar-refractivity contribution in [1.29, 1.82) is 5.26 Å². The molecule has 0 aliphatic heterocycles. The van der Waals surface area contributed by atoms with Crippen LogP contribution >= 0.6 is 0 Å². The third-order valence-electron chi connectivity index (χ3n) is 5.69. The highest BCUT2D eigenvalue weighted by atomic mass is 16.1. The molecule has 32 heavy (non-hydrogen) atoms. The fourth-order valence-corrected chi connectivity index (χ4v) is 4.12. The number of aromatic amines is 1. The lowest BCUT2D eigenvalue weighted by atomic mass is 10.0. The molecule has 0 atom stereocenters. The van der Waals surface area contributed by atoms with Gasteiger partial charge in [-0.05, 0) is 54.1 Å². The van der Waals surface area contributed by atoms with Gasteiger partial charge in [-0.1, -0.05) is 24.3 Å². The summed E-state index contributed by atoms with van der Waals surface area (Å²) < 4.78 is 1.63. The maximum absolute atomic E-state index is 12.8. The number of nitrogens with one attached hydrogen (secondary N) is 1. The molecule has 0 saturated heterocycles. The second-order valence-corrected chi connectivity index (χ2v) is 7.59. The standard InChI is InChI=1S/C26H15N5O/c27-13-16-5-8-20(9-6-16)31-25-21-12-17(7-10-23(21)29-15-24(25)30-26(31)32)19-11-18-3-1-2-4-22(18)28-14-19/h1-12,14-15H,(H,30,32). The minimum absolute atomic E-state index is 0.253. The molecule has 0 spiro atoms. The van der Waals surface area contributed by atoms with Gasteiger partial charge in [0, 0.05) is 22.5 Å². The Morgan fingerprint density at radius 2 is 1.66 bits per heavy atom. The minimum atomic E-state index is -0.253. The van der Waals surface area contributed by atoms with E-state index in [2.05, 4.69) is 27.1 Å². The average Bonchev–Trinajstić information content (AvgIpc) is 3.19. The van der Waals surface area contributed by atoms with Crippen LogP contribution in [0.3, 0.4) is 0 Å². The van der Waals surface area contributed by atoms with Crippen molar-refractivity contribution >= 4 is 32.8 Å². The van der Waals surface area contributed by atoms with Gasteiger partial charge in [-0.15, -0.1) is 0 Å². The molecule has 0 aliphatic carbocycles. The van der Waals surface area contributed by atoms with Gasteiger partial charge in [-0.2, -0.15) is 5.26 Å². The first kappa shape index (κ1) is 18.0. The number of fused-ring (bicyclic) bond motifs is 4.